The molecule has 0 radical (unpaired) electrons. The van der Waals surface area contributed by atoms with Crippen molar-refractivity contribution in [3.05, 3.63) is 51.1 Å². The highest BCUT2D eigenvalue weighted by atomic mass is 79.9. The third-order valence-corrected chi connectivity index (χ3v) is 5.13. The molecule has 0 bridgehead atoms. The highest BCUT2D eigenvalue weighted by Crippen LogP contribution is 2.21. The van der Waals surface area contributed by atoms with E-state index in [1.165, 1.54) is 4.88 Å². The zero-order valence-electron chi connectivity index (χ0n) is 10.4. The summed E-state index contributed by atoms with van der Waals surface area (Å²) in [6.45, 7) is 2.01. The molecule has 2 nitrogen and oxygen atoms in total. The molecule has 100 valence electrons. The molecule has 0 spiro atoms. The molecule has 1 N–H and O–H groups in total. The quantitative estimate of drug-likeness (QED) is 0.801. The summed E-state index contributed by atoms with van der Waals surface area (Å²) in [5.41, 5.74) is 0. The van der Waals surface area contributed by atoms with Crippen LogP contribution in [0.4, 0.5) is 0 Å². The first kappa shape index (κ1) is 14.6. The Labute approximate surface area is 129 Å². The highest BCUT2D eigenvalue weighted by Gasteiger charge is 2.10. The molecule has 5 heteroatoms. The van der Waals surface area contributed by atoms with E-state index in [9.17, 15) is 4.79 Å². The monoisotopic (exact) mass is 355 g/mol. The van der Waals surface area contributed by atoms with Crippen LogP contribution in [0.25, 0.3) is 0 Å². The fraction of sp³-hybridized carbons (Fsp3) is 0.214. The summed E-state index contributed by atoms with van der Waals surface area (Å²) in [5, 5.41) is 5.03. The molecule has 2 rings (SSSR count). The molecule has 19 heavy (non-hydrogen) atoms. The topological polar surface area (TPSA) is 29.1 Å². The third kappa shape index (κ3) is 4.67. The van der Waals surface area contributed by atoms with E-state index >= 15 is 0 Å². The van der Waals surface area contributed by atoms with Crippen LogP contribution in [0.15, 0.2) is 51.1 Å². The van der Waals surface area contributed by atoms with Crippen LogP contribution in [0.1, 0.15) is 17.8 Å². The number of nitrogens with one attached hydrogen (secondary N) is 1. The van der Waals surface area contributed by atoms with Crippen LogP contribution in [-0.2, 0) is 4.79 Å². The molecule has 1 unspecified atom stereocenters. The average molecular weight is 356 g/mol. The van der Waals surface area contributed by atoms with Crippen molar-refractivity contribution in [2.75, 3.05) is 5.75 Å². The molecule has 1 heterocycles. The van der Waals surface area contributed by atoms with Gasteiger partial charge in [-0.15, -0.1) is 23.1 Å². The van der Waals surface area contributed by atoms with Gasteiger partial charge in [0.05, 0.1) is 11.8 Å². The van der Waals surface area contributed by atoms with E-state index in [-0.39, 0.29) is 11.9 Å². The van der Waals surface area contributed by atoms with Crippen molar-refractivity contribution in [2.24, 2.45) is 0 Å². The Morgan fingerprint density at radius 1 is 1.37 bits per heavy atom. The van der Waals surface area contributed by atoms with E-state index in [0.29, 0.717) is 5.75 Å². The fourth-order valence-electron chi connectivity index (χ4n) is 1.57. The van der Waals surface area contributed by atoms with Crippen LogP contribution >= 0.6 is 39.0 Å². The molecule has 1 aromatic heterocycles. The summed E-state index contributed by atoms with van der Waals surface area (Å²) in [7, 11) is 0. The fourth-order valence-corrected chi connectivity index (χ4v) is 3.28. The summed E-state index contributed by atoms with van der Waals surface area (Å²) >= 11 is 6.60. The largest absolute Gasteiger partial charge is 0.348 e. The van der Waals surface area contributed by atoms with E-state index in [1.807, 2.05) is 48.7 Å². The third-order valence-electron chi connectivity index (χ3n) is 2.53. The number of amides is 1. The number of hydrogen-bond donors (Lipinski definition) is 1. The van der Waals surface area contributed by atoms with Crippen LogP contribution < -0.4 is 5.32 Å². The van der Waals surface area contributed by atoms with Crippen molar-refractivity contribution < 1.29 is 4.79 Å². The summed E-state index contributed by atoms with van der Waals surface area (Å²) in [5.74, 6) is 0.506. The predicted molar refractivity (Wildman–Crippen MR) is 85.7 cm³/mol. The van der Waals surface area contributed by atoms with Crippen molar-refractivity contribution in [2.45, 2.75) is 17.9 Å². The molecule has 0 fully saturated rings. The van der Waals surface area contributed by atoms with Gasteiger partial charge in [-0.2, -0.15) is 0 Å². The number of carbonyl (C=O) groups excluding carboxylic acids is 1. The highest BCUT2D eigenvalue weighted by molar-refractivity contribution is 9.10. The summed E-state index contributed by atoms with van der Waals surface area (Å²) in [6, 6.07) is 12.1. The van der Waals surface area contributed by atoms with Gasteiger partial charge < -0.3 is 5.32 Å². The minimum Gasteiger partial charge on any atom is -0.348 e. The Balaban J connectivity index is 1.80. The number of benzene rings is 1. The van der Waals surface area contributed by atoms with Crippen LogP contribution in [0.2, 0.25) is 0 Å². The maximum Gasteiger partial charge on any atom is 0.230 e. The van der Waals surface area contributed by atoms with Crippen molar-refractivity contribution in [1.82, 2.24) is 5.32 Å². The number of carbonyl (C=O) groups is 1. The molecule has 0 aliphatic rings. The van der Waals surface area contributed by atoms with Crippen LogP contribution in [0, 0.1) is 0 Å². The molecule has 0 aliphatic heterocycles. The normalized spacial score (nSPS) is 12.1. The zero-order valence-corrected chi connectivity index (χ0v) is 13.6. The van der Waals surface area contributed by atoms with E-state index < -0.39 is 0 Å². The Kier molecular flexibility index (Phi) is 5.48. The van der Waals surface area contributed by atoms with Gasteiger partial charge in [0.1, 0.15) is 0 Å². The summed E-state index contributed by atoms with van der Waals surface area (Å²) < 4.78 is 1.05. The molecule has 1 aromatic carbocycles. The minimum absolute atomic E-state index is 0.0637. The number of thioether (sulfide) groups is 1. The lowest BCUT2D eigenvalue weighted by Gasteiger charge is -2.11. The number of rotatable bonds is 5. The van der Waals surface area contributed by atoms with Gasteiger partial charge in [-0.3, -0.25) is 4.79 Å². The maximum atomic E-state index is 11.9. The van der Waals surface area contributed by atoms with Gasteiger partial charge in [-0.05, 0) is 42.6 Å². The summed E-state index contributed by atoms with van der Waals surface area (Å²) in [4.78, 5) is 14.1. The first-order valence-corrected chi connectivity index (χ1v) is 8.52. The Hall–Kier alpha value is -0.780. The Bertz CT molecular complexity index is 525. The molecular formula is C14H14BrNOS2. The Morgan fingerprint density at radius 2 is 2.11 bits per heavy atom. The van der Waals surface area contributed by atoms with Crippen molar-refractivity contribution in [3.8, 4) is 0 Å². The molecular weight excluding hydrogens is 342 g/mol. The lowest BCUT2D eigenvalue weighted by atomic mass is 10.3. The second-order valence-corrected chi connectivity index (χ2v) is 6.99. The molecule has 0 saturated carbocycles. The first-order valence-electron chi connectivity index (χ1n) is 5.86. The second kappa shape index (κ2) is 7.12. The first-order chi connectivity index (χ1) is 9.15. The molecule has 0 aliphatic carbocycles. The van der Waals surface area contributed by atoms with Crippen molar-refractivity contribution >= 4 is 44.9 Å². The van der Waals surface area contributed by atoms with Crippen LogP contribution in [0.5, 0.6) is 0 Å². The summed E-state index contributed by atoms with van der Waals surface area (Å²) in [6.07, 6.45) is 0. The molecule has 0 saturated heterocycles. The smallest absolute Gasteiger partial charge is 0.230 e. The maximum absolute atomic E-state index is 11.9. The number of thiophene rings is 1. The second-order valence-electron chi connectivity index (χ2n) is 4.05. The van der Waals surface area contributed by atoms with Gasteiger partial charge in [0.2, 0.25) is 5.91 Å². The van der Waals surface area contributed by atoms with Crippen LogP contribution in [0.3, 0.4) is 0 Å². The van der Waals surface area contributed by atoms with E-state index in [4.69, 9.17) is 0 Å². The standard InChI is InChI=1S/C14H14BrNOS2/c1-10(13-3-2-8-18-13)16-14(17)9-19-12-6-4-11(15)5-7-12/h2-8,10H,9H2,1H3,(H,16,17). The molecule has 1 amide bonds. The van der Waals surface area contributed by atoms with Gasteiger partial charge in [-0.25, -0.2) is 0 Å². The molecule has 2 aromatic rings. The minimum atomic E-state index is 0.0637. The van der Waals surface area contributed by atoms with E-state index in [0.717, 1.165) is 9.37 Å². The molecule has 1 atom stereocenters. The van der Waals surface area contributed by atoms with Crippen molar-refractivity contribution in [1.29, 1.82) is 0 Å². The number of hydrogen-bond acceptors (Lipinski definition) is 3. The SMILES string of the molecule is CC(NC(=O)CSc1ccc(Br)cc1)c1cccs1. The van der Waals surface area contributed by atoms with E-state index in [2.05, 4.69) is 21.2 Å². The Morgan fingerprint density at radius 3 is 2.74 bits per heavy atom. The van der Waals surface area contributed by atoms with Gasteiger partial charge in [0.25, 0.3) is 0 Å². The van der Waals surface area contributed by atoms with E-state index in [1.54, 1.807) is 23.1 Å². The van der Waals surface area contributed by atoms with Gasteiger partial charge in [-0.1, -0.05) is 22.0 Å². The van der Waals surface area contributed by atoms with Gasteiger partial charge in [0.15, 0.2) is 0 Å². The van der Waals surface area contributed by atoms with Crippen LogP contribution in [-0.4, -0.2) is 11.7 Å². The lowest BCUT2D eigenvalue weighted by molar-refractivity contribution is -0.119. The lowest BCUT2D eigenvalue weighted by Crippen LogP contribution is -2.27. The average Bonchev–Trinajstić information content (AvgIpc) is 2.92. The van der Waals surface area contributed by atoms with Gasteiger partial charge >= 0.3 is 0 Å². The van der Waals surface area contributed by atoms with Crippen molar-refractivity contribution in [3.63, 3.8) is 0 Å². The predicted octanol–water partition coefficient (Wildman–Crippen LogP) is 4.48. The number of halogens is 1. The zero-order chi connectivity index (χ0) is 13.7. The van der Waals surface area contributed by atoms with Gasteiger partial charge in [0, 0.05) is 14.2 Å².